The van der Waals surface area contributed by atoms with Crippen molar-refractivity contribution in [3.05, 3.63) is 46.5 Å². The zero-order valence-corrected chi connectivity index (χ0v) is 14.3. The van der Waals surface area contributed by atoms with Gasteiger partial charge in [0.25, 0.3) is 5.91 Å². The van der Waals surface area contributed by atoms with Crippen LogP contribution in [0.15, 0.2) is 39.8 Å². The molecule has 6 heteroatoms. The van der Waals surface area contributed by atoms with E-state index >= 15 is 0 Å². The van der Waals surface area contributed by atoms with Crippen molar-refractivity contribution in [2.75, 3.05) is 26.2 Å². The van der Waals surface area contributed by atoms with Crippen molar-refractivity contribution in [2.24, 2.45) is 11.8 Å². The monoisotopic (exact) mass is 346 g/mol. The molecule has 2 aromatic heterocycles. The molecule has 128 valence electrons. The lowest BCUT2D eigenvalue weighted by molar-refractivity contribution is 0.0743. The average molecular weight is 346 g/mol. The van der Waals surface area contributed by atoms with Gasteiger partial charge >= 0.3 is 0 Å². The van der Waals surface area contributed by atoms with Crippen molar-refractivity contribution in [1.82, 2.24) is 10.2 Å². The summed E-state index contributed by atoms with van der Waals surface area (Å²) in [7, 11) is 0. The first-order valence-electron chi connectivity index (χ1n) is 8.45. The van der Waals surface area contributed by atoms with Crippen LogP contribution in [0.2, 0.25) is 0 Å². The lowest BCUT2D eigenvalue weighted by Crippen LogP contribution is -2.43. The Morgan fingerprint density at radius 2 is 2.38 bits per heavy atom. The minimum atomic E-state index is 0.000642. The molecule has 0 aromatic carbocycles. The van der Waals surface area contributed by atoms with Crippen LogP contribution in [0, 0.1) is 11.8 Å². The number of rotatable bonds is 5. The summed E-state index contributed by atoms with van der Waals surface area (Å²) in [5.41, 5.74) is 1.97. The summed E-state index contributed by atoms with van der Waals surface area (Å²) >= 11 is 1.54. The van der Waals surface area contributed by atoms with Crippen LogP contribution in [-0.2, 0) is 11.3 Å². The maximum atomic E-state index is 12.1. The molecule has 4 rings (SSSR count). The Kier molecular flexibility index (Phi) is 4.69. The van der Waals surface area contributed by atoms with E-state index in [0.29, 0.717) is 18.4 Å². The second kappa shape index (κ2) is 7.09. The Balaban J connectivity index is 1.28. The number of hydrogen-bond donors (Lipinski definition) is 1. The van der Waals surface area contributed by atoms with E-state index in [2.05, 4.69) is 10.2 Å². The number of piperidine rings is 1. The number of nitrogens with one attached hydrogen (secondary N) is 1. The Bertz CT molecular complexity index is 656. The molecule has 0 bridgehead atoms. The molecule has 2 aliphatic heterocycles. The molecule has 1 amide bonds. The Morgan fingerprint density at radius 1 is 1.42 bits per heavy atom. The molecule has 2 aliphatic rings. The van der Waals surface area contributed by atoms with Crippen LogP contribution in [0.4, 0.5) is 0 Å². The van der Waals surface area contributed by atoms with Crippen molar-refractivity contribution < 1.29 is 13.9 Å². The van der Waals surface area contributed by atoms with Gasteiger partial charge in [-0.05, 0) is 36.4 Å². The van der Waals surface area contributed by atoms with E-state index in [1.807, 2.05) is 29.2 Å². The van der Waals surface area contributed by atoms with Gasteiger partial charge in [0.2, 0.25) is 0 Å². The Labute approximate surface area is 145 Å². The van der Waals surface area contributed by atoms with Gasteiger partial charge in [0.15, 0.2) is 0 Å². The molecular weight excluding hydrogens is 324 g/mol. The van der Waals surface area contributed by atoms with Crippen LogP contribution >= 0.6 is 11.3 Å². The van der Waals surface area contributed by atoms with Gasteiger partial charge in [0, 0.05) is 42.1 Å². The molecule has 5 nitrogen and oxygen atoms in total. The topological polar surface area (TPSA) is 54.7 Å². The summed E-state index contributed by atoms with van der Waals surface area (Å²) in [6.45, 7) is 4.48. The fourth-order valence-electron chi connectivity index (χ4n) is 3.85. The van der Waals surface area contributed by atoms with E-state index in [4.69, 9.17) is 9.15 Å². The van der Waals surface area contributed by atoms with Crippen LogP contribution in [0.1, 0.15) is 22.3 Å². The van der Waals surface area contributed by atoms with E-state index in [1.54, 1.807) is 17.6 Å². The zero-order chi connectivity index (χ0) is 16.4. The predicted octanol–water partition coefficient (Wildman–Crippen LogP) is 2.61. The first kappa shape index (κ1) is 15.9. The molecule has 0 unspecified atom stereocenters. The van der Waals surface area contributed by atoms with E-state index in [1.165, 1.54) is 5.56 Å². The fourth-order valence-corrected chi connectivity index (χ4v) is 4.48. The van der Waals surface area contributed by atoms with E-state index in [0.717, 1.165) is 38.2 Å². The summed E-state index contributed by atoms with van der Waals surface area (Å²) in [5.74, 6) is 1.11. The number of fused-ring (bicyclic) bond motifs is 1. The number of nitrogens with zero attached hydrogens (tertiary/aromatic N) is 1. The molecule has 2 saturated heterocycles. The molecule has 4 heterocycles. The molecule has 0 saturated carbocycles. The minimum Gasteiger partial charge on any atom is -0.472 e. The van der Waals surface area contributed by atoms with Crippen LogP contribution < -0.4 is 5.32 Å². The molecular formula is C18H22N2O3S. The second-order valence-electron chi connectivity index (χ2n) is 6.67. The smallest absolute Gasteiger partial charge is 0.252 e. The van der Waals surface area contributed by atoms with Crippen molar-refractivity contribution in [1.29, 1.82) is 0 Å². The number of thiophene rings is 1. The molecule has 2 fully saturated rings. The molecule has 24 heavy (non-hydrogen) atoms. The van der Waals surface area contributed by atoms with Gasteiger partial charge in [0.1, 0.15) is 0 Å². The molecule has 3 atom stereocenters. The summed E-state index contributed by atoms with van der Waals surface area (Å²) < 4.78 is 11.1. The maximum Gasteiger partial charge on any atom is 0.252 e. The first-order chi connectivity index (χ1) is 11.8. The Morgan fingerprint density at radius 3 is 3.17 bits per heavy atom. The number of likely N-dealkylation sites (tertiary alicyclic amines) is 1. The normalized spacial score (nSPS) is 27.1. The highest BCUT2D eigenvalue weighted by atomic mass is 32.1. The highest BCUT2D eigenvalue weighted by molar-refractivity contribution is 7.08. The zero-order valence-electron chi connectivity index (χ0n) is 13.5. The third-order valence-corrected chi connectivity index (χ3v) is 5.80. The molecule has 0 aliphatic carbocycles. The van der Waals surface area contributed by atoms with Gasteiger partial charge < -0.3 is 14.5 Å². The van der Waals surface area contributed by atoms with Gasteiger partial charge in [-0.25, -0.2) is 0 Å². The van der Waals surface area contributed by atoms with Crippen molar-refractivity contribution >= 4 is 17.2 Å². The SMILES string of the molecule is O=C(NC[C@@H]1OC[C@H]2CN(Cc3ccoc3)CC[C@H]21)c1ccsc1. The maximum absolute atomic E-state index is 12.1. The number of furan rings is 1. The van der Waals surface area contributed by atoms with Crippen LogP contribution in [0.25, 0.3) is 0 Å². The van der Waals surface area contributed by atoms with Crippen LogP contribution in [-0.4, -0.2) is 43.2 Å². The van der Waals surface area contributed by atoms with Gasteiger partial charge in [-0.2, -0.15) is 11.3 Å². The fraction of sp³-hybridized carbons (Fsp3) is 0.500. The largest absolute Gasteiger partial charge is 0.472 e. The van der Waals surface area contributed by atoms with Crippen molar-refractivity contribution in [2.45, 2.75) is 19.1 Å². The van der Waals surface area contributed by atoms with Crippen molar-refractivity contribution in [3.63, 3.8) is 0 Å². The Hall–Kier alpha value is -1.63. The van der Waals surface area contributed by atoms with E-state index in [9.17, 15) is 4.79 Å². The van der Waals surface area contributed by atoms with Crippen molar-refractivity contribution in [3.8, 4) is 0 Å². The predicted molar refractivity (Wildman–Crippen MR) is 92.0 cm³/mol. The molecule has 0 spiro atoms. The highest BCUT2D eigenvalue weighted by Crippen LogP contribution is 2.34. The lowest BCUT2D eigenvalue weighted by Gasteiger charge is -2.35. The third kappa shape index (κ3) is 3.41. The molecule has 2 aromatic rings. The highest BCUT2D eigenvalue weighted by Gasteiger charge is 2.40. The molecule has 0 radical (unpaired) electrons. The first-order valence-corrected chi connectivity index (χ1v) is 9.39. The van der Waals surface area contributed by atoms with E-state index < -0.39 is 0 Å². The van der Waals surface area contributed by atoms with Gasteiger partial charge in [-0.15, -0.1) is 0 Å². The average Bonchev–Trinajstić information content (AvgIpc) is 3.34. The van der Waals surface area contributed by atoms with Crippen LogP contribution in [0.5, 0.6) is 0 Å². The number of carbonyl (C=O) groups is 1. The van der Waals surface area contributed by atoms with E-state index in [-0.39, 0.29) is 12.0 Å². The number of amides is 1. The van der Waals surface area contributed by atoms with Gasteiger partial charge in [0.05, 0.1) is 25.2 Å². The minimum absolute atomic E-state index is 0.000642. The number of carbonyl (C=O) groups excluding carboxylic acids is 1. The summed E-state index contributed by atoms with van der Waals surface area (Å²) in [4.78, 5) is 14.5. The third-order valence-electron chi connectivity index (χ3n) is 5.11. The quantitative estimate of drug-likeness (QED) is 0.904. The standard InChI is InChI=1S/C18H22N2O3S/c21-18(14-3-6-24-12-14)19-7-17-16-1-4-20(9-15(16)11-23-17)8-13-2-5-22-10-13/h2-3,5-6,10,12,15-17H,1,4,7-9,11H2,(H,19,21)/t15-,16-,17+/m1/s1. The molecule has 1 N–H and O–H groups in total. The van der Waals surface area contributed by atoms with Gasteiger partial charge in [-0.3, -0.25) is 9.69 Å². The summed E-state index contributed by atoms with van der Waals surface area (Å²) in [6.07, 6.45) is 4.82. The van der Waals surface area contributed by atoms with Crippen LogP contribution in [0.3, 0.4) is 0 Å². The lowest BCUT2D eigenvalue weighted by atomic mass is 9.84. The second-order valence-corrected chi connectivity index (χ2v) is 7.45. The van der Waals surface area contributed by atoms with Gasteiger partial charge in [-0.1, -0.05) is 0 Å². The number of ether oxygens (including phenoxy) is 1. The summed E-state index contributed by atoms with van der Waals surface area (Å²) in [6, 6.07) is 3.88. The number of hydrogen-bond acceptors (Lipinski definition) is 5. The summed E-state index contributed by atoms with van der Waals surface area (Å²) in [5, 5.41) is 6.82.